The second-order valence-electron chi connectivity index (χ2n) is 5.67. The first-order chi connectivity index (χ1) is 10.1. The average molecular weight is 439 g/mol. The Balaban J connectivity index is 0.00000441. The highest BCUT2D eigenvalue weighted by molar-refractivity contribution is 14.0. The van der Waals surface area contributed by atoms with Crippen molar-refractivity contribution in [3.05, 3.63) is 24.2 Å². The summed E-state index contributed by atoms with van der Waals surface area (Å²) in [4.78, 5) is 4.70. The monoisotopic (exact) mass is 439 g/mol. The molecule has 0 aromatic carbocycles. The zero-order chi connectivity index (χ0) is 15.6. The minimum atomic E-state index is 0. The topological polar surface area (TPSA) is 49.6 Å². The average Bonchev–Trinajstić information content (AvgIpc) is 2.98. The van der Waals surface area contributed by atoms with Gasteiger partial charge in [-0.05, 0) is 38.7 Å². The summed E-state index contributed by atoms with van der Waals surface area (Å²) in [6.45, 7) is 9.21. The maximum absolute atomic E-state index is 5.34. The van der Waals surface area contributed by atoms with Gasteiger partial charge in [0.25, 0.3) is 0 Å². The number of unbranched alkanes of at least 4 members (excludes halogenated alkanes) is 1. The van der Waals surface area contributed by atoms with Gasteiger partial charge in [-0.3, -0.25) is 4.99 Å². The summed E-state index contributed by atoms with van der Waals surface area (Å²) < 4.78 is 5.51. The van der Waals surface area contributed by atoms with E-state index in [2.05, 4.69) is 37.7 Å². The van der Waals surface area contributed by atoms with Gasteiger partial charge in [0.2, 0.25) is 0 Å². The fourth-order valence-corrected chi connectivity index (χ4v) is 1.84. The van der Waals surface area contributed by atoms with Crippen molar-refractivity contribution in [2.45, 2.75) is 44.8 Å². The van der Waals surface area contributed by atoms with Gasteiger partial charge in [-0.2, -0.15) is 11.8 Å². The first-order valence-electron chi connectivity index (χ1n) is 7.67. The molecule has 0 aliphatic carbocycles. The Labute approximate surface area is 156 Å². The van der Waals surface area contributed by atoms with Crippen molar-refractivity contribution < 1.29 is 4.42 Å². The predicted octanol–water partition coefficient (Wildman–Crippen LogP) is 3.92. The van der Waals surface area contributed by atoms with E-state index in [-0.39, 0.29) is 28.7 Å². The minimum absolute atomic E-state index is 0. The lowest BCUT2D eigenvalue weighted by Crippen LogP contribution is -2.40. The Hall–Kier alpha value is -0.370. The zero-order valence-electron chi connectivity index (χ0n) is 14.1. The van der Waals surface area contributed by atoms with E-state index in [9.17, 15) is 0 Å². The lowest BCUT2D eigenvalue weighted by Gasteiger charge is -2.20. The Kier molecular flexibility index (Phi) is 11.9. The molecule has 4 nitrogen and oxygen atoms in total. The molecule has 2 N–H and O–H groups in total. The first-order valence-corrected chi connectivity index (χ1v) is 8.89. The van der Waals surface area contributed by atoms with Crippen LogP contribution in [0.1, 0.15) is 39.4 Å². The van der Waals surface area contributed by atoms with E-state index in [1.807, 2.05) is 23.9 Å². The van der Waals surface area contributed by atoms with Crippen molar-refractivity contribution in [2.24, 2.45) is 4.99 Å². The quantitative estimate of drug-likeness (QED) is 0.265. The van der Waals surface area contributed by atoms with Gasteiger partial charge in [-0.25, -0.2) is 0 Å². The van der Waals surface area contributed by atoms with E-state index in [1.54, 1.807) is 6.26 Å². The van der Waals surface area contributed by atoms with Gasteiger partial charge in [0.05, 0.1) is 12.8 Å². The molecule has 0 aliphatic rings. The summed E-state index contributed by atoms with van der Waals surface area (Å²) in [7, 11) is 0. The maximum atomic E-state index is 5.34. The normalized spacial score (nSPS) is 11.9. The number of halogens is 1. The van der Waals surface area contributed by atoms with Gasteiger partial charge in [-0.15, -0.1) is 24.0 Å². The van der Waals surface area contributed by atoms with Gasteiger partial charge >= 0.3 is 0 Å². The molecule has 0 aliphatic heterocycles. The van der Waals surface area contributed by atoms with Gasteiger partial charge in [-0.1, -0.05) is 13.3 Å². The Bertz CT molecular complexity index is 408. The second-order valence-corrected chi connectivity index (χ2v) is 7.18. The highest BCUT2D eigenvalue weighted by Gasteiger charge is 2.15. The van der Waals surface area contributed by atoms with Crippen LogP contribution in [0.15, 0.2) is 27.8 Å². The maximum Gasteiger partial charge on any atom is 0.191 e. The molecule has 1 aromatic heterocycles. The molecule has 0 fully saturated rings. The number of guanidine groups is 1. The van der Waals surface area contributed by atoms with Crippen LogP contribution >= 0.6 is 35.7 Å². The third kappa shape index (κ3) is 9.61. The van der Waals surface area contributed by atoms with Crippen molar-refractivity contribution in [1.29, 1.82) is 0 Å². The Morgan fingerprint density at radius 1 is 1.32 bits per heavy atom. The molecule has 0 saturated carbocycles. The van der Waals surface area contributed by atoms with Crippen LogP contribution in [-0.2, 0) is 6.42 Å². The molecule has 128 valence electrons. The van der Waals surface area contributed by atoms with Gasteiger partial charge in [0.1, 0.15) is 5.76 Å². The number of rotatable bonds is 9. The van der Waals surface area contributed by atoms with Crippen molar-refractivity contribution in [2.75, 3.05) is 25.9 Å². The summed E-state index contributed by atoms with van der Waals surface area (Å²) in [5, 5.41) is 6.78. The molecule has 22 heavy (non-hydrogen) atoms. The molecular formula is C16H30IN3OS. The van der Waals surface area contributed by atoms with Crippen LogP contribution in [-0.4, -0.2) is 36.6 Å². The minimum Gasteiger partial charge on any atom is -0.469 e. The second kappa shape index (κ2) is 12.1. The highest BCUT2D eigenvalue weighted by Crippen LogP contribution is 2.20. The zero-order valence-corrected chi connectivity index (χ0v) is 17.3. The largest absolute Gasteiger partial charge is 0.469 e. The Morgan fingerprint density at radius 3 is 2.64 bits per heavy atom. The summed E-state index contributed by atoms with van der Waals surface area (Å²) in [5.41, 5.74) is 0. The molecule has 0 saturated heterocycles. The summed E-state index contributed by atoms with van der Waals surface area (Å²) in [5.74, 6) is 1.90. The van der Waals surface area contributed by atoms with Crippen LogP contribution in [0.3, 0.4) is 0 Å². The molecule has 1 rings (SSSR count). The third-order valence-corrected chi connectivity index (χ3v) is 4.47. The third-order valence-electron chi connectivity index (χ3n) is 3.24. The van der Waals surface area contributed by atoms with E-state index >= 15 is 0 Å². The Morgan fingerprint density at radius 2 is 2.05 bits per heavy atom. The lowest BCUT2D eigenvalue weighted by atomic mass is 10.2. The van der Waals surface area contributed by atoms with Crippen LogP contribution in [0.4, 0.5) is 0 Å². The summed E-state index contributed by atoms with van der Waals surface area (Å²) in [6, 6.07) is 3.92. The van der Waals surface area contributed by atoms with Crippen LogP contribution in [0.2, 0.25) is 0 Å². The lowest BCUT2D eigenvalue weighted by molar-refractivity contribution is 0.506. The summed E-state index contributed by atoms with van der Waals surface area (Å²) in [6.07, 6.45) is 7.05. The van der Waals surface area contributed by atoms with E-state index in [0.717, 1.165) is 44.2 Å². The SMILES string of the molecule is CCCCNC(=NCC(C)(C)SC)NCCc1ccco1.I. The van der Waals surface area contributed by atoms with Crippen LogP contribution in [0.25, 0.3) is 0 Å². The summed E-state index contributed by atoms with van der Waals surface area (Å²) >= 11 is 1.84. The number of hydrogen-bond acceptors (Lipinski definition) is 3. The molecule has 0 spiro atoms. The number of hydrogen-bond donors (Lipinski definition) is 2. The number of nitrogens with one attached hydrogen (secondary N) is 2. The van der Waals surface area contributed by atoms with Crippen molar-refractivity contribution in [3.63, 3.8) is 0 Å². The van der Waals surface area contributed by atoms with E-state index in [4.69, 9.17) is 9.41 Å². The van der Waals surface area contributed by atoms with Gasteiger partial charge in [0, 0.05) is 24.3 Å². The fraction of sp³-hybridized carbons (Fsp3) is 0.688. The van der Waals surface area contributed by atoms with Crippen molar-refractivity contribution in [1.82, 2.24) is 10.6 Å². The molecule has 0 bridgehead atoms. The van der Waals surface area contributed by atoms with Crippen molar-refractivity contribution in [3.8, 4) is 0 Å². The fourth-order valence-electron chi connectivity index (χ4n) is 1.65. The van der Waals surface area contributed by atoms with Gasteiger partial charge < -0.3 is 15.1 Å². The molecule has 0 atom stereocenters. The molecule has 1 heterocycles. The number of thioether (sulfide) groups is 1. The molecule has 0 unspecified atom stereocenters. The van der Waals surface area contributed by atoms with Crippen LogP contribution < -0.4 is 10.6 Å². The molecule has 1 aromatic rings. The van der Waals surface area contributed by atoms with Gasteiger partial charge in [0.15, 0.2) is 5.96 Å². The van der Waals surface area contributed by atoms with Crippen molar-refractivity contribution >= 4 is 41.7 Å². The smallest absolute Gasteiger partial charge is 0.191 e. The molecular weight excluding hydrogens is 409 g/mol. The number of furan rings is 1. The first kappa shape index (κ1) is 21.6. The predicted molar refractivity (Wildman–Crippen MR) is 109 cm³/mol. The molecule has 6 heteroatoms. The van der Waals surface area contributed by atoms with E-state index in [1.165, 1.54) is 6.42 Å². The highest BCUT2D eigenvalue weighted by atomic mass is 127. The van der Waals surface area contributed by atoms with E-state index < -0.39 is 0 Å². The van der Waals surface area contributed by atoms with Crippen LogP contribution in [0, 0.1) is 0 Å². The van der Waals surface area contributed by atoms with E-state index in [0.29, 0.717) is 0 Å². The number of aliphatic imine (C=N–C) groups is 1. The standard InChI is InChI=1S/C16H29N3OS.HI/c1-5-6-10-17-15(19-13-16(2,3)21-4)18-11-9-14-8-7-12-20-14;/h7-8,12H,5-6,9-11,13H2,1-4H3,(H2,17,18,19);1H. The number of nitrogens with zero attached hydrogens (tertiary/aromatic N) is 1. The van der Waals surface area contributed by atoms with Crippen LogP contribution in [0.5, 0.6) is 0 Å². The molecule has 0 radical (unpaired) electrons. The molecule has 0 amide bonds.